The predicted molar refractivity (Wildman–Crippen MR) is 78.2 cm³/mol. The summed E-state index contributed by atoms with van der Waals surface area (Å²) in [5, 5.41) is 3.34. The van der Waals surface area contributed by atoms with Crippen molar-refractivity contribution in [2.24, 2.45) is 0 Å². The van der Waals surface area contributed by atoms with Gasteiger partial charge in [-0.1, -0.05) is 39.8 Å². The number of hydrogen-bond donors (Lipinski definition) is 1. The Bertz CT molecular complexity index is 570. The largest absolute Gasteiger partial charge is 0.309 e. The van der Waals surface area contributed by atoms with E-state index in [1.165, 1.54) is 5.56 Å². The summed E-state index contributed by atoms with van der Waals surface area (Å²) in [6, 6.07) is 5.73. The Morgan fingerprint density at radius 2 is 2.00 bits per heavy atom. The van der Waals surface area contributed by atoms with E-state index < -0.39 is 9.84 Å². The fourth-order valence-corrected chi connectivity index (χ4v) is 4.21. The SMILES string of the molecule is CCCNC1CS(=O)(=O)c2ccc(C(C)(C)C)cc21. The quantitative estimate of drug-likeness (QED) is 0.926. The minimum absolute atomic E-state index is 0.0384. The van der Waals surface area contributed by atoms with Gasteiger partial charge in [0, 0.05) is 6.04 Å². The first kappa shape index (κ1) is 14.5. The van der Waals surface area contributed by atoms with Crippen LogP contribution in [0.1, 0.15) is 51.3 Å². The molecule has 0 bridgehead atoms. The zero-order valence-electron chi connectivity index (χ0n) is 12.2. The second-order valence-corrected chi connectivity index (χ2v) is 8.29. The van der Waals surface area contributed by atoms with Crippen LogP contribution in [0, 0.1) is 0 Å². The first-order valence-electron chi connectivity index (χ1n) is 6.86. The van der Waals surface area contributed by atoms with Gasteiger partial charge in [-0.15, -0.1) is 0 Å². The Hall–Kier alpha value is -0.870. The van der Waals surface area contributed by atoms with Gasteiger partial charge in [-0.3, -0.25) is 0 Å². The summed E-state index contributed by atoms with van der Waals surface area (Å²) in [5.74, 6) is 0.190. The second-order valence-electron chi connectivity index (χ2n) is 6.29. The summed E-state index contributed by atoms with van der Waals surface area (Å²) in [6.45, 7) is 9.37. The fourth-order valence-electron chi connectivity index (χ4n) is 2.46. The molecule has 0 radical (unpaired) electrons. The average Bonchev–Trinajstić information content (AvgIpc) is 2.57. The van der Waals surface area contributed by atoms with Gasteiger partial charge in [0.2, 0.25) is 0 Å². The van der Waals surface area contributed by atoms with Gasteiger partial charge in [-0.05, 0) is 35.6 Å². The van der Waals surface area contributed by atoms with E-state index in [1.54, 1.807) is 6.07 Å². The lowest BCUT2D eigenvalue weighted by Crippen LogP contribution is -2.23. The molecule has 19 heavy (non-hydrogen) atoms. The number of nitrogens with one attached hydrogen (secondary N) is 1. The maximum absolute atomic E-state index is 12.1. The maximum atomic E-state index is 12.1. The molecule has 2 rings (SSSR count). The molecular formula is C15H23NO2S. The van der Waals surface area contributed by atoms with Crippen molar-refractivity contribution < 1.29 is 8.42 Å². The van der Waals surface area contributed by atoms with E-state index in [0.717, 1.165) is 18.5 Å². The van der Waals surface area contributed by atoms with Crippen molar-refractivity contribution in [2.75, 3.05) is 12.3 Å². The van der Waals surface area contributed by atoms with Crippen molar-refractivity contribution in [3.8, 4) is 0 Å². The molecule has 1 aromatic rings. The molecule has 3 nitrogen and oxygen atoms in total. The van der Waals surface area contributed by atoms with Gasteiger partial charge in [0.15, 0.2) is 9.84 Å². The zero-order chi connectivity index (χ0) is 14.3. The van der Waals surface area contributed by atoms with Crippen LogP contribution in [0.2, 0.25) is 0 Å². The highest BCUT2D eigenvalue weighted by Crippen LogP contribution is 2.36. The van der Waals surface area contributed by atoms with Gasteiger partial charge in [-0.25, -0.2) is 8.42 Å². The van der Waals surface area contributed by atoms with Gasteiger partial charge in [0.25, 0.3) is 0 Å². The van der Waals surface area contributed by atoms with Gasteiger partial charge < -0.3 is 5.32 Å². The van der Waals surface area contributed by atoms with Crippen molar-refractivity contribution in [3.05, 3.63) is 29.3 Å². The highest BCUT2D eigenvalue weighted by Gasteiger charge is 2.35. The Labute approximate surface area is 116 Å². The lowest BCUT2D eigenvalue weighted by molar-refractivity contribution is 0.559. The van der Waals surface area contributed by atoms with Gasteiger partial charge in [0.05, 0.1) is 10.6 Å². The Balaban J connectivity index is 2.45. The van der Waals surface area contributed by atoms with Crippen molar-refractivity contribution in [1.82, 2.24) is 5.32 Å². The summed E-state index contributed by atoms with van der Waals surface area (Å²) in [5.41, 5.74) is 2.17. The van der Waals surface area contributed by atoms with Gasteiger partial charge in [0.1, 0.15) is 0 Å². The molecule has 0 spiro atoms. The number of hydrogen-bond acceptors (Lipinski definition) is 3. The van der Waals surface area contributed by atoms with E-state index in [-0.39, 0.29) is 17.2 Å². The third-order valence-electron chi connectivity index (χ3n) is 3.61. The van der Waals surface area contributed by atoms with E-state index in [4.69, 9.17) is 0 Å². The summed E-state index contributed by atoms with van der Waals surface area (Å²) >= 11 is 0. The van der Waals surface area contributed by atoms with Crippen LogP contribution in [-0.2, 0) is 15.3 Å². The summed E-state index contributed by atoms with van der Waals surface area (Å²) in [6.07, 6.45) is 1.00. The van der Waals surface area contributed by atoms with Crippen molar-refractivity contribution in [2.45, 2.75) is 50.5 Å². The molecule has 1 atom stereocenters. The van der Waals surface area contributed by atoms with Crippen LogP contribution in [0.4, 0.5) is 0 Å². The molecule has 106 valence electrons. The summed E-state index contributed by atoms with van der Waals surface area (Å²) in [7, 11) is -3.11. The third-order valence-corrected chi connectivity index (χ3v) is 5.43. The minimum atomic E-state index is -3.11. The molecule has 1 heterocycles. The molecule has 0 aromatic heterocycles. The first-order valence-corrected chi connectivity index (χ1v) is 8.51. The molecular weight excluding hydrogens is 258 g/mol. The summed E-state index contributed by atoms with van der Waals surface area (Å²) < 4.78 is 24.3. The van der Waals surface area contributed by atoms with Crippen molar-refractivity contribution in [3.63, 3.8) is 0 Å². The molecule has 1 aliphatic rings. The highest BCUT2D eigenvalue weighted by molar-refractivity contribution is 7.91. The maximum Gasteiger partial charge on any atom is 0.180 e. The van der Waals surface area contributed by atoms with Crippen LogP contribution < -0.4 is 5.32 Å². The molecule has 0 amide bonds. The highest BCUT2D eigenvalue weighted by atomic mass is 32.2. The van der Waals surface area contributed by atoms with E-state index in [1.807, 2.05) is 6.07 Å². The van der Waals surface area contributed by atoms with E-state index in [9.17, 15) is 8.42 Å². The predicted octanol–water partition coefficient (Wildman–Crippen LogP) is 2.81. The minimum Gasteiger partial charge on any atom is -0.309 e. The Morgan fingerprint density at radius 1 is 1.32 bits per heavy atom. The van der Waals surface area contributed by atoms with Crippen LogP contribution in [0.3, 0.4) is 0 Å². The zero-order valence-corrected chi connectivity index (χ0v) is 13.0. The number of fused-ring (bicyclic) bond motifs is 1. The van der Waals surface area contributed by atoms with Gasteiger partial charge in [-0.2, -0.15) is 0 Å². The standard InChI is InChI=1S/C15H23NO2S/c1-5-8-16-13-10-19(17,18)14-7-6-11(9-12(13)14)15(2,3)4/h6-7,9,13,16H,5,8,10H2,1-4H3. The molecule has 1 aromatic carbocycles. The van der Waals surface area contributed by atoms with Crippen LogP contribution in [0.5, 0.6) is 0 Å². The van der Waals surface area contributed by atoms with Crippen molar-refractivity contribution in [1.29, 1.82) is 0 Å². The summed E-state index contributed by atoms with van der Waals surface area (Å²) in [4.78, 5) is 0.508. The molecule has 1 N–H and O–H groups in total. The Morgan fingerprint density at radius 3 is 2.58 bits per heavy atom. The van der Waals surface area contributed by atoms with Gasteiger partial charge >= 0.3 is 0 Å². The number of rotatable bonds is 3. The normalized spacial score (nSPS) is 21.4. The van der Waals surface area contributed by atoms with E-state index >= 15 is 0 Å². The van der Waals surface area contributed by atoms with Crippen LogP contribution >= 0.6 is 0 Å². The number of sulfone groups is 1. The van der Waals surface area contributed by atoms with Crippen LogP contribution in [-0.4, -0.2) is 20.7 Å². The average molecular weight is 281 g/mol. The molecule has 0 saturated carbocycles. The van der Waals surface area contributed by atoms with Crippen LogP contribution in [0.15, 0.2) is 23.1 Å². The number of benzene rings is 1. The molecule has 0 saturated heterocycles. The molecule has 0 aliphatic carbocycles. The lowest BCUT2D eigenvalue weighted by atomic mass is 9.85. The van der Waals surface area contributed by atoms with Crippen LogP contribution in [0.25, 0.3) is 0 Å². The Kier molecular flexibility index (Phi) is 3.76. The molecule has 4 heteroatoms. The van der Waals surface area contributed by atoms with E-state index in [0.29, 0.717) is 4.90 Å². The monoisotopic (exact) mass is 281 g/mol. The fraction of sp³-hybridized carbons (Fsp3) is 0.600. The molecule has 0 fully saturated rings. The van der Waals surface area contributed by atoms with Crippen molar-refractivity contribution >= 4 is 9.84 Å². The first-order chi connectivity index (χ1) is 8.75. The topological polar surface area (TPSA) is 46.2 Å². The van der Waals surface area contributed by atoms with E-state index in [2.05, 4.69) is 39.1 Å². The lowest BCUT2D eigenvalue weighted by Gasteiger charge is -2.21. The molecule has 1 unspecified atom stereocenters. The third kappa shape index (κ3) is 2.84. The smallest absolute Gasteiger partial charge is 0.180 e. The second kappa shape index (κ2) is 4.91. The molecule has 1 aliphatic heterocycles.